The number of amides is 1. The van der Waals surface area contributed by atoms with Crippen LogP contribution >= 0.6 is 0 Å². The van der Waals surface area contributed by atoms with Crippen molar-refractivity contribution >= 4 is 5.91 Å². The number of carbonyl (C=O) groups excluding carboxylic acids is 1. The van der Waals surface area contributed by atoms with Gasteiger partial charge in [-0.25, -0.2) is 9.82 Å². The number of hydrazine groups is 1. The molecule has 3 unspecified atom stereocenters. The number of hydrogen-bond acceptors (Lipinski definition) is 5. The maximum Gasteiger partial charge on any atom is 0.225 e. The van der Waals surface area contributed by atoms with E-state index in [0.717, 1.165) is 5.56 Å². The largest absolute Gasteiger partial charge is 0.493 e. The third-order valence-corrected chi connectivity index (χ3v) is 4.78. The van der Waals surface area contributed by atoms with E-state index in [1.165, 1.54) is 6.07 Å². The lowest BCUT2D eigenvalue weighted by Crippen LogP contribution is -2.46. The van der Waals surface area contributed by atoms with Gasteiger partial charge in [-0.2, -0.15) is 0 Å². The average Bonchev–Trinajstić information content (AvgIpc) is 3.03. The Morgan fingerprint density at radius 2 is 1.85 bits per heavy atom. The Kier molecular flexibility index (Phi) is 5.93. The summed E-state index contributed by atoms with van der Waals surface area (Å²) in [7, 11) is 3.18. The van der Waals surface area contributed by atoms with Gasteiger partial charge in [0.1, 0.15) is 12.0 Å². The van der Waals surface area contributed by atoms with Crippen LogP contribution in [0.5, 0.6) is 11.5 Å². The maximum atomic E-state index is 13.8. The lowest BCUT2D eigenvalue weighted by Gasteiger charge is -2.23. The molecule has 2 aromatic rings. The molecule has 0 saturated carbocycles. The van der Waals surface area contributed by atoms with Crippen LogP contribution in [0.2, 0.25) is 0 Å². The van der Waals surface area contributed by atoms with Crippen LogP contribution in [0.3, 0.4) is 0 Å². The molecule has 27 heavy (non-hydrogen) atoms. The Hall–Kier alpha value is -2.64. The summed E-state index contributed by atoms with van der Waals surface area (Å²) < 4.78 is 24.5. The Balaban J connectivity index is 1.75. The summed E-state index contributed by atoms with van der Waals surface area (Å²) in [6.45, 7) is 2.03. The number of ether oxygens (including phenoxy) is 2. The van der Waals surface area contributed by atoms with Crippen molar-refractivity contribution in [2.45, 2.75) is 31.5 Å². The van der Waals surface area contributed by atoms with Gasteiger partial charge < -0.3 is 14.8 Å². The van der Waals surface area contributed by atoms with E-state index < -0.39 is 0 Å². The van der Waals surface area contributed by atoms with E-state index in [1.54, 1.807) is 32.4 Å². The van der Waals surface area contributed by atoms with E-state index in [1.807, 2.05) is 25.1 Å². The van der Waals surface area contributed by atoms with Crippen molar-refractivity contribution in [3.05, 3.63) is 59.4 Å². The molecule has 0 bridgehead atoms. The molecule has 3 N–H and O–H groups in total. The number of hydrogen-bond donors (Lipinski definition) is 3. The average molecular weight is 373 g/mol. The zero-order valence-electron chi connectivity index (χ0n) is 15.6. The second kappa shape index (κ2) is 8.37. The molecule has 1 heterocycles. The summed E-state index contributed by atoms with van der Waals surface area (Å²) in [6.07, 6.45) is -0.352. The molecule has 1 saturated heterocycles. The standard InChI is InChI=1S/C20H24FN3O3/c1-12-19(14-8-9-16(26-2)17(10-14)27-3)20(24-23-12)22-18(25)11-13-6-4-5-7-15(13)21/h4-10,12,19-20,23-24H,11H2,1-3H3,(H,22,25). The molecule has 1 fully saturated rings. The molecule has 1 amide bonds. The first-order valence-electron chi connectivity index (χ1n) is 8.79. The molecule has 1 aliphatic heterocycles. The molecule has 144 valence electrons. The number of benzene rings is 2. The van der Waals surface area contributed by atoms with Crippen molar-refractivity contribution in [1.29, 1.82) is 0 Å². The zero-order chi connectivity index (χ0) is 19.4. The normalized spacial score (nSPS) is 21.7. The van der Waals surface area contributed by atoms with E-state index >= 15 is 0 Å². The first-order valence-corrected chi connectivity index (χ1v) is 8.79. The van der Waals surface area contributed by atoms with Crippen LogP contribution < -0.4 is 25.6 Å². The summed E-state index contributed by atoms with van der Waals surface area (Å²) in [5.41, 5.74) is 7.62. The van der Waals surface area contributed by atoms with Crippen molar-refractivity contribution < 1.29 is 18.7 Å². The van der Waals surface area contributed by atoms with Gasteiger partial charge in [-0.05, 0) is 36.2 Å². The topological polar surface area (TPSA) is 71.6 Å². The van der Waals surface area contributed by atoms with Crippen molar-refractivity contribution in [2.75, 3.05) is 14.2 Å². The highest BCUT2D eigenvalue weighted by Gasteiger charge is 2.35. The first kappa shape index (κ1) is 19.1. The van der Waals surface area contributed by atoms with Crippen LogP contribution in [-0.4, -0.2) is 32.3 Å². The second-order valence-electron chi connectivity index (χ2n) is 6.53. The Labute approximate surface area is 158 Å². The maximum absolute atomic E-state index is 13.8. The van der Waals surface area contributed by atoms with Gasteiger partial charge in [-0.15, -0.1) is 0 Å². The Morgan fingerprint density at radius 1 is 1.11 bits per heavy atom. The molecule has 3 atom stereocenters. The highest BCUT2D eigenvalue weighted by molar-refractivity contribution is 5.79. The molecule has 0 radical (unpaired) electrons. The summed E-state index contributed by atoms with van der Waals surface area (Å²) in [6, 6.07) is 12.1. The van der Waals surface area contributed by atoms with Crippen LogP contribution in [0.15, 0.2) is 42.5 Å². The minimum absolute atomic E-state index is 0.0160. The van der Waals surface area contributed by atoms with Crippen molar-refractivity contribution in [2.24, 2.45) is 0 Å². The van der Waals surface area contributed by atoms with Crippen LogP contribution in [0.1, 0.15) is 24.0 Å². The lowest BCUT2D eigenvalue weighted by atomic mass is 9.91. The monoisotopic (exact) mass is 373 g/mol. The minimum atomic E-state index is -0.380. The summed E-state index contributed by atoms with van der Waals surface area (Å²) in [4.78, 5) is 12.4. The number of carbonyl (C=O) groups is 1. The summed E-state index contributed by atoms with van der Waals surface area (Å²) in [5.74, 6) is 0.613. The van der Waals surface area contributed by atoms with E-state index in [2.05, 4.69) is 16.2 Å². The number of nitrogens with one attached hydrogen (secondary N) is 3. The van der Waals surface area contributed by atoms with Gasteiger partial charge in [0.05, 0.1) is 20.6 Å². The molecule has 0 aliphatic carbocycles. The third-order valence-electron chi connectivity index (χ3n) is 4.78. The van der Waals surface area contributed by atoms with Crippen LogP contribution in [0.25, 0.3) is 0 Å². The van der Waals surface area contributed by atoms with E-state index in [9.17, 15) is 9.18 Å². The molecular weight excluding hydrogens is 349 g/mol. The van der Waals surface area contributed by atoms with E-state index in [0.29, 0.717) is 17.1 Å². The number of rotatable bonds is 6. The van der Waals surface area contributed by atoms with Crippen molar-refractivity contribution in [3.8, 4) is 11.5 Å². The molecule has 6 nitrogen and oxygen atoms in total. The highest BCUT2D eigenvalue weighted by atomic mass is 19.1. The van der Waals surface area contributed by atoms with Gasteiger partial charge in [-0.3, -0.25) is 10.2 Å². The quantitative estimate of drug-likeness (QED) is 0.723. The SMILES string of the molecule is COc1ccc(C2C(C)NNC2NC(=O)Cc2ccccc2F)cc1OC. The van der Waals surface area contributed by atoms with Crippen molar-refractivity contribution in [1.82, 2.24) is 16.2 Å². The predicted molar refractivity (Wildman–Crippen MR) is 100 cm³/mol. The van der Waals surface area contributed by atoms with Crippen molar-refractivity contribution in [3.63, 3.8) is 0 Å². The van der Waals surface area contributed by atoms with Crippen LogP contribution in [0.4, 0.5) is 4.39 Å². The molecular formula is C20H24FN3O3. The van der Waals surface area contributed by atoms with Gasteiger partial charge >= 0.3 is 0 Å². The smallest absolute Gasteiger partial charge is 0.225 e. The fourth-order valence-corrected chi connectivity index (χ4v) is 3.40. The molecule has 3 rings (SSSR count). The van der Waals surface area contributed by atoms with Gasteiger partial charge in [0.15, 0.2) is 11.5 Å². The molecule has 0 aromatic heterocycles. The number of methoxy groups -OCH3 is 2. The minimum Gasteiger partial charge on any atom is -0.493 e. The Morgan fingerprint density at radius 3 is 2.56 bits per heavy atom. The second-order valence-corrected chi connectivity index (χ2v) is 6.53. The number of halogens is 1. The lowest BCUT2D eigenvalue weighted by molar-refractivity contribution is -0.121. The third kappa shape index (κ3) is 4.20. The molecule has 0 spiro atoms. The van der Waals surface area contributed by atoms with E-state index in [-0.39, 0.29) is 36.3 Å². The van der Waals surface area contributed by atoms with Gasteiger partial charge in [0.2, 0.25) is 5.91 Å². The Bertz CT molecular complexity index is 815. The highest BCUT2D eigenvalue weighted by Crippen LogP contribution is 2.34. The van der Waals surface area contributed by atoms with Gasteiger partial charge in [0.25, 0.3) is 0 Å². The fourth-order valence-electron chi connectivity index (χ4n) is 3.40. The fraction of sp³-hybridized carbons (Fsp3) is 0.350. The molecule has 2 aromatic carbocycles. The summed E-state index contributed by atoms with van der Waals surface area (Å²) >= 11 is 0. The first-order chi connectivity index (χ1) is 13.0. The van der Waals surface area contributed by atoms with Gasteiger partial charge in [-0.1, -0.05) is 24.3 Å². The summed E-state index contributed by atoms with van der Waals surface area (Å²) in [5, 5.41) is 2.95. The predicted octanol–water partition coefficient (Wildman–Crippen LogP) is 2.11. The van der Waals surface area contributed by atoms with E-state index in [4.69, 9.17) is 9.47 Å². The van der Waals surface area contributed by atoms with Crippen LogP contribution in [-0.2, 0) is 11.2 Å². The molecule has 7 heteroatoms. The molecule has 1 aliphatic rings. The van der Waals surface area contributed by atoms with Gasteiger partial charge in [0, 0.05) is 12.0 Å². The zero-order valence-corrected chi connectivity index (χ0v) is 15.6. The van der Waals surface area contributed by atoms with Crippen LogP contribution in [0, 0.1) is 5.82 Å².